The van der Waals surface area contributed by atoms with Crippen molar-refractivity contribution in [2.45, 2.75) is 13.3 Å². The highest BCUT2D eigenvalue weighted by Gasteiger charge is 2.10. The zero-order valence-electron chi connectivity index (χ0n) is 9.14. The van der Waals surface area contributed by atoms with E-state index in [9.17, 15) is 0 Å². The summed E-state index contributed by atoms with van der Waals surface area (Å²) in [6.45, 7) is 2.11. The number of nitrogens with zero attached hydrogens (tertiary/aromatic N) is 1. The molecule has 2 aromatic rings. The van der Waals surface area contributed by atoms with Gasteiger partial charge in [0.25, 0.3) is 0 Å². The highest BCUT2D eigenvalue weighted by Crippen LogP contribution is 2.34. The molecule has 2 nitrogen and oxygen atoms in total. The zero-order chi connectivity index (χ0) is 11.7. The summed E-state index contributed by atoms with van der Waals surface area (Å²) < 4.78 is 2.09. The van der Waals surface area contributed by atoms with Gasteiger partial charge in [0.15, 0.2) is 0 Å². The average Bonchev–Trinajstić information content (AvgIpc) is 2.32. The van der Waals surface area contributed by atoms with Crippen LogP contribution in [-0.4, -0.2) is 12.0 Å². The van der Waals surface area contributed by atoms with Crippen LogP contribution in [0.25, 0.3) is 10.9 Å². The van der Waals surface area contributed by atoms with E-state index < -0.39 is 0 Å². The topological polar surface area (TPSA) is 24.9 Å². The van der Waals surface area contributed by atoms with Gasteiger partial charge in [-0.15, -0.1) is 0 Å². The molecule has 0 fully saturated rings. The van der Waals surface area contributed by atoms with Crippen LogP contribution in [0.15, 0.2) is 27.1 Å². The standard InChI is InChI=1S/C12H12Br2N2/c1-3-7-6-10(15-2)11-8(13)4-5-9(14)12(11)16-7/h4-6H,3H2,1-2H3,(H,15,16). The maximum atomic E-state index is 4.65. The molecular formula is C12H12Br2N2. The Hall–Kier alpha value is -0.610. The molecule has 0 atom stereocenters. The van der Waals surface area contributed by atoms with E-state index in [4.69, 9.17) is 0 Å². The molecule has 84 valence electrons. The molecule has 0 amide bonds. The number of aromatic nitrogens is 1. The summed E-state index contributed by atoms with van der Waals surface area (Å²) in [7, 11) is 1.93. The summed E-state index contributed by atoms with van der Waals surface area (Å²) in [6, 6.07) is 6.14. The molecular weight excluding hydrogens is 332 g/mol. The van der Waals surface area contributed by atoms with E-state index in [1.165, 1.54) is 0 Å². The normalized spacial score (nSPS) is 10.8. The van der Waals surface area contributed by atoms with E-state index in [0.29, 0.717) is 0 Å². The molecule has 0 radical (unpaired) electrons. The third-order valence-electron chi connectivity index (χ3n) is 2.55. The van der Waals surface area contributed by atoms with Gasteiger partial charge in [-0.05, 0) is 40.5 Å². The highest BCUT2D eigenvalue weighted by atomic mass is 79.9. The van der Waals surface area contributed by atoms with Gasteiger partial charge in [-0.25, -0.2) is 0 Å². The largest absolute Gasteiger partial charge is 0.387 e. The van der Waals surface area contributed by atoms with Gasteiger partial charge in [-0.1, -0.05) is 22.9 Å². The molecule has 1 N–H and O–H groups in total. The van der Waals surface area contributed by atoms with Gasteiger partial charge in [-0.2, -0.15) is 0 Å². The van der Waals surface area contributed by atoms with Crippen molar-refractivity contribution in [2.75, 3.05) is 12.4 Å². The number of rotatable bonds is 2. The number of anilines is 1. The Bertz CT molecular complexity index is 538. The second-order valence-corrected chi connectivity index (χ2v) is 5.23. The zero-order valence-corrected chi connectivity index (χ0v) is 12.3. The van der Waals surface area contributed by atoms with Crippen molar-refractivity contribution in [1.82, 2.24) is 4.98 Å². The van der Waals surface area contributed by atoms with Crippen LogP contribution in [0.2, 0.25) is 0 Å². The van der Waals surface area contributed by atoms with Gasteiger partial charge in [0.1, 0.15) is 0 Å². The highest BCUT2D eigenvalue weighted by molar-refractivity contribution is 9.11. The Morgan fingerprint density at radius 1 is 1.25 bits per heavy atom. The van der Waals surface area contributed by atoms with Crippen LogP contribution in [0.5, 0.6) is 0 Å². The lowest BCUT2D eigenvalue weighted by Gasteiger charge is -2.11. The number of benzene rings is 1. The fourth-order valence-electron chi connectivity index (χ4n) is 1.70. The summed E-state index contributed by atoms with van der Waals surface area (Å²) in [5.41, 5.74) is 3.20. The number of hydrogen-bond donors (Lipinski definition) is 1. The first-order chi connectivity index (χ1) is 7.67. The van der Waals surface area contributed by atoms with Gasteiger partial charge in [0.05, 0.1) is 5.52 Å². The van der Waals surface area contributed by atoms with Gasteiger partial charge < -0.3 is 5.32 Å². The minimum absolute atomic E-state index is 0.934. The molecule has 0 aliphatic heterocycles. The van der Waals surface area contributed by atoms with Crippen molar-refractivity contribution in [2.24, 2.45) is 0 Å². The third-order valence-corrected chi connectivity index (χ3v) is 3.85. The van der Waals surface area contributed by atoms with E-state index in [0.717, 1.165) is 37.7 Å². The molecule has 0 unspecified atom stereocenters. The molecule has 2 rings (SSSR count). The van der Waals surface area contributed by atoms with Crippen LogP contribution < -0.4 is 5.32 Å². The molecule has 0 aliphatic rings. The van der Waals surface area contributed by atoms with Crippen molar-refractivity contribution in [1.29, 1.82) is 0 Å². The molecule has 0 spiro atoms. The Morgan fingerprint density at radius 2 is 1.94 bits per heavy atom. The van der Waals surface area contributed by atoms with Crippen molar-refractivity contribution in [3.8, 4) is 0 Å². The SMILES string of the molecule is CCc1cc(NC)c2c(Br)ccc(Br)c2n1. The number of pyridine rings is 1. The van der Waals surface area contributed by atoms with Crippen molar-refractivity contribution in [3.05, 3.63) is 32.8 Å². The molecule has 0 saturated heterocycles. The summed E-state index contributed by atoms with van der Waals surface area (Å²) >= 11 is 7.11. The first-order valence-corrected chi connectivity index (χ1v) is 6.71. The Balaban J connectivity index is 2.88. The molecule has 16 heavy (non-hydrogen) atoms. The molecule has 1 aromatic heterocycles. The quantitative estimate of drug-likeness (QED) is 0.876. The average molecular weight is 344 g/mol. The number of fused-ring (bicyclic) bond motifs is 1. The first-order valence-electron chi connectivity index (χ1n) is 5.12. The number of aryl methyl sites for hydroxylation is 1. The Morgan fingerprint density at radius 3 is 2.56 bits per heavy atom. The molecule has 0 aliphatic carbocycles. The van der Waals surface area contributed by atoms with Crippen LogP contribution in [0, 0.1) is 0 Å². The summed E-state index contributed by atoms with van der Waals surface area (Å²) in [6.07, 6.45) is 0.934. The van der Waals surface area contributed by atoms with Crippen LogP contribution in [-0.2, 0) is 6.42 Å². The minimum Gasteiger partial charge on any atom is -0.387 e. The predicted molar refractivity (Wildman–Crippen MR) is 76.1 cm³/mol. The molecule has 0 saturated carbocycles. The summed E-state index contributed by atoms with van der Waals surface area (Å²) in [5, 5.41) is 4.34. The Kier molecular flexibility index (Phi) is 3.50. The van der Waals surface area contributed by atoms with Crippen LogP contribution >= 0.6 is 31.9 Å². The van der Waals surface area contributed by atoms with Crippen molar-refractivity contribution in [3.63, 3.8) is 0 Å². The Labute approximate surface area is 112 Å². The molecule has 0 bridgehead atoms. The van der Waals surface area contributed by atoms with Crippen LogP contribution in [0.3, 0.4) is 0 Å². The van der Waals surface area contributed by atoms with Crippen molar-refractivity contribution < 1.29 is 0 Å². The fraction of sp³-hybridized carbons (Fsp3) is 0.250. The second kappa shape index (κ2) is 4.72. The van der Waals surface area contributed by atoms with Gasteiger partial charge >= 0.3 is 0 Å². The van der Waals surface area contributed by atoms with E-state index in [2.05, 4.69) is 55.2 Å². The van der Waals surface area contributed by atoms with E-state index in [-0.39, 0.29) is 0 Å². The van der Waals surface area contributed by atoms with Crippen LogP contribution in [0.4, 0.5) is 5.69 Å². The van der Waals surface area contributed by atoms with Crippen LogP contribution in [0.1, 0.15) is 12.6 Å². The third kappa shape index (κ3) is 1.96. The lowest BCUT2D eigenvalue weighted by atomic mass is 10.1. The molecule has 1 aromatic carbocycles. The monoisotopic (exact) mass is 342 g/mol. The summed E-state index contributed by atoms with van der Waals surface area (Å²) in [5.74, 6) is 0. The van der Waals surface area contributed by atoms with Gasteiger partial charge in [0.2, 0.25) is 0 Å². The van der Waals surface area contributed by atoms with E-state index in [1.54, 1.807) is 0 Å². The van der Waals surface area contributed by atoms with E-state index >= 15 is 0 Å². The first kappa shape index (κ1) is 11.9. The lowest BCUT2D eigenvalue weighted by Crippen LogP contribution is -1.96. The van der Waals surface area contributed by atoms with Gasteiger partial charge in [0, 0.05) is 32.8 Å². The summed E-state index contributed by atoms with van der Waals surface area (Å²) in [4.78, 5) is 4.65. The maximum absolute atomic E-state index is 4.65. The lowest BCUT2D eigenvalue weighted by molar-refractivity contribution is 1.06. The number of nitrogens with one attached hydrogen (secondary N) is 1. The van der Waals surface area contributed by atoms with Crippen molar-refractivity contribution >= 4 is 48.5 Å². The minimum atomic E-state index is 0.934. The second-order valence-electron chi connectivity index (χ2n) is 3.52. The smallest absolute Gasteiger partial charge is 0.0879 e. The van der Waals surface area contributed by atoms with E-state index in [1.807, 2.05) is 19.2 Å². The maximum Gasteiger partial charge on any atom is 0.0879 e. The molecule has 4 heteroatoms. The molecule has 1 heterocycles. The number of hydrogen-bond acceptors (Lipinski definition) is 2. The number of halogens is 2. The fourth-order valence-corrected chi connectivity index (χ4v) is 2.65. The van der Waals surface area contributed by atoms with Gasteiger partial charge in [-0.3, -0.25) is 4.98 Å². The predicted octanol–water partition coefficient (Wildman–Crippen LogP) is 4.36.